The first-order chi connectivity index (χ1) is 7.53. The summed E-state index contributed by atoms with van der Waals surface area (Å²) in [6.45, 7) is 15.4. The van der Waals surface area contributed by atoms with Crippen molar-refractivity contribution in [1.29, 1.82) is 0 Å². The average molecular weight is 226 g/mol. The van der Waals surface area contributed by atoms with Crippen LogP contribution in [0, 0.1) is 11.3 Å². The molecule has 0 aliphatic carbocycles. The molecular formula is C14H30N2. The third kappa shape index (κ3) is 5.31. The van der Waals surface area contributed by atoms with Crippen molar-refractivity contribution >= 4 is 0 Å². The zero-order valence-corrected chi connectivity index (χ0v) is 11.7. The predicted octanol–water partition coefficient (Wildman–Crippen LogP) is 2.74. The molecule has 1 saturated heterocycles. The van der Waals surface area contributed by atoms with Crippen molar-refractivity contribution in [2.45, 2.75) is 47.0 Å². The van der Waals surface area contributed by atoms with Crippen molar-refractivity contribution in [3.63, 3.8) is 0 Å². The van der Waals surface area contributed by atoms with Gasteiger partial charge in [0.25, 0.3) is 0 Å². The minimum absolute atomic E-state index is 0.406. The Morgan fingerprint density at radius 2 is 2.00 bits per heavy atom. The molecule has 16 heavy (non-hydrogen) atoms. The maximum Gasteiger partial charge on any atom is 0.00448 e. The van der Waals surface area contributed by atoms with E-state index in [0.717, 1.165) is 19.0 Å². The van der Waals surface area contributed by atoms with Crippen molar-refractivity contribution in [3.05, 3.63) is 0 Å². The molecule has 0 saturated carbocycles. The summed E-state index contributed by atoms with van der Waals surface area (Å²) in [7, 11) is 0. The highest BCUT2D eigenvalue weighted by Crippen LogP contribution is 2.21. The molecule has 0 bridgehead atoms. The standard InChI is InChI=1S/C14H30N2/c1-5-15-11-14(3,4)12-16-9-6-7-13(2)8-10-16/h13,15H,5-12H2,1-4H3. The van der Waals surface area contributed by atoms with Crippen LogP contribution in [0.5, 0.6) is 0 Å². The highest BCUT2D eigenvalue weighted by molar-refractivity contribution is 4.78. The predicted molar refractivity (Wildman–Crippen MR) is 71.8 cm³/mol. The number of rotatable bonds is 5. The van der Waals surface area contributed by atoms with E-state index in [9.17, 15) is 0 Å². The average Bonchev–Trinajstić information content (AvgIpc) is 2.40. The summed E-state index contributed by atoms with van der Waals surface area (Å²) in [5.41, 5.74) is 0.406. The van der Waals surface area contributed by atoms with E-state index < -0.39 is 0 Å². The normalized spacial score (nSPS) is 24.4. The lowest BCUT2D eigenvalue weighted by Gasteiger charge is -2.32. The van der Waals surface area contributed by atoms with E-state index in [4.69, 9.17) is 0 Å². The number of hydrogen-bond acceptors (Lipinski definition) is 2. The van der Waals surface area contributed by atoms with Crippen LogP contribution in [0.25, 0.3) is 0 Å². The van der Waals surface area contributed by atoms with Gasteiger partial charge in [-0.2, -0.15) is 0 Å². The summed E-state index contributed by atoms with van der Waals surface area (Å²) < 4.78 is 0. The second-order valence-corrected chi connectivity index (χ2v) is 6.26. The summed E-state index contributed by atoms with van der Waals surface area (Å²) in [4.78, 5) is 2.67. The van der Waals surface area contributed by atoms with Gasteiger partial charge in [0.2, 0.25) is 0 Å². The van der Waals surface area contributed by atoms with Crippen molar-refractivity contribution in [2.24, 2.45) is 11.3 Å². The van der Waals surface area contributed by atoms with Crippen molar-refractivity contribution in [1.82, 2.24) is 10.2 Å². The number of hydrogen-bond donors (Lipinski definition) is 1. The van der Waals surface area contributed by atoms with Gasteiger partial charge in [0.05, 0.1) is 0 Å². The van der Waals surface area contributed by atoms with E-state index in [1.807, 2.05) is 0 Å². The first-order valence-corrected chi connectivity index (χ1v) is 6.96. The Bertz CT molecular complexity index is 189. The molecule has 2 heteroatoms. The van der Waals surface area contributed by atoms with Gasteiger partial charge in [-0.3, -0.25) is 0 Å². The molecule has 96 valence electrons. The van der Waals surface area contributed by atoms with Crippen LogP contribution in [0.15, 0.2) is 0 Å². The third-order valence-corrected chi connectivity index (χ3v) is 3.61. The van der Waals surface area contributed by atoms with E-state index in [1.54, 1.807) is 0 Å². The quantitative estimate of drug-likeness (QED) is 0.775. The lowest BCUT2D eigenvalue weighted by molar-refractivity contribution is 0.178. The van der Waals surface area contributed by atoms with Gasteiger partial charge in [-0.05, 0) is 50.2 Å². The van der Waals surface area contributed by atoms with Crippen LogP contribution in [0.4, 0.5) is 0 Å². The van der Waals surface area contributed by atoms with Crippen LogP contribution in [0.3, 0.4) is 0 Å². The fourth-order valence-corrected chi connectivity index (χ4v) is 2.61. The molecule has 1 heterocycles. The zero-order valence-electron chi connectivity index (χ0n) is 11.7. The van der Waals surface area contributed by atoms with Crippen LogP contribution >= 0.6 is 0 Å². The summed E-state index contributed by atoms with van der Waals surface area (Å²) in [5, 5.41) is 3.48. The summed E-state index contributed by atoms with van der Waals surface area (Å²) >= 11 is 0. The third-order valence-electron chi connectivity index (χ3n) is 3.61. The molecule has 0 amide bonds. The maximum absolute atomic E-state index is 3.48. The van der Waals surface area contributed by atoms with Crippen molar-refractivity contribution in [2.75, 3.05) is 32.7 Å². The van der Waals surface area contributed by atoms with Crippen LogP contribution in [0.1, 0.15) is 47.0 Å². The van der Waals surface area contributed by atoms with E-state index >= 15 is 0 Å². The highest BCUT2D eigenvalue weighted by Gasteiger charge is 2.22. The van der Waals surface area contributed by atoms with E-state index in [2.05, 4.69) is 37.9 Å². The van der Waals surface area contributed by atoms with Crippen LogP contribution in [0.2, 0.25) is 0 Å². The molecule has 1 atom stereocenters. The molecule has 1 N–H and O–H groups in total. The van der Waals surface area contributed by atoms with Gasteiger partial charge >= 0.3 is 0 Å². The monoisotopic (exact) mass is 226 g/mol. The largest absolute Gasteiger partial charge is 0.316 e. The minimum Gasteiger partial charge on any atom is -0.316 e. The molecule has 2 nitrogen and oxygen atoms in total. The van der Waals surface area contributed by atoms with Crippen LogP contribution in [-0.2, 0) is 0 Å². The van der Waals surface area contributed by atoms with Gasteiger partial charge in [0.15, 0.2) is 0 Å². The zero-order chi connectivity index (χ0) is 12.0. The minimum atomic E-state index is 0.406. The lowest BCUT2D eigenvalue weighted by atomic mass is 9.92. The van der Waals surface area contributed by atoms with Gasteiger partial charge in [-0.1, -0.05) is 27.7 Å². The number of nitrogens with zero attached hydrogens (tertiary/aromatic N) is 1. The Balaban J connectivity index is 2.34. The number of likely N-dealkylation sites (tertiary alicyclic amines) is 1. The molecule has 0 aromatic carbocycles. The first kappa shape index (κ1) is 14.0. The molecule has 0 spiro atoms. The van der Waals surface area contributed by atoms with E-state index in [1.165, 1.54) is 38.9 Å². The fraction of sp³-hybridized carbons (Fsp3) is 1.00. The Labute approximate surface area is 102 Å². The molecule has 0 aromatic heterocycles. The highest BCUT2D eigenvalue weighted by atomic mass is 15.1. The lowest BCUT2D eigenvalue weighted by Crippen LogP contribution is -2.41. The number of nitrogens with one attached hydrogen (secondary N) is 1. The van der Waals surface area contributed by atoms with Gasteiger partial charge < -0.3 is 10.2 Å². The van der Waals surface area contributed by atoms with Gasteiger partial charge in [-0.15, -0.1) is 0 Å². The molecule has 1 aliphatic heterocycles. The molecule has 0 aromatic rings. The van der Waals surface area contributed by atoms with Crippen molar-refractivity contribution in [3.8, 4) is 0 Å². The van der Waals surface area contributed by atoms with Crippen LogP contribution in [-0.4, -0.2) is 37.6 Å². The Morgan fingerprint density at radius 3 is 2.69 bits per heavy atom. The Morgan fingerprint density at radius 1 is 1.25 bits per heavy atom. The Hall–Kier alpha value is -0.0800. The van der Waals surface area contributed by atoms with E-state index in [-0.39, 0.29) is 0 Å². The maximum atomic E-state index is 3.48. The summed E-state index contributed by atoms with van der Waals surface area (Å²) in [6, 6.07) is 0. The Kier molecular flexibility index (Phi) is 5.77. The van der Waals surface area contributed by atoms with Crippen LogP contribution < -0.4 is 5.32 Å². The van der Waals surface area contributed by atoms with Crippen molar-refractivity contribution < 1.29 is 0 Å². The molecular weight excluding hydrogens is 196 g/mol. The molecule has 0 radical (unpaired) electrons. The SMILES string of the molecule is CCNCC(C)(C)CN1CCCC(C)CC1. The summed E-state index contributed by atoms with van der Waals surface area (Å²) in [6.07, 6.45) is 4.19. The van der Waals surface area contributed by atoms with Gasteiger partial charge in [0, 0.05) is 13.1 Å². The first-order valence-electron chi connectivity index (χ1n) is 6.96. The molecule has 1 unspecified atom stereocenters. The smallest absolute Gasteiger partial charge is 0.00448 e. The second-order valence-electron chi connectivity index (χ2n) is 6.26. The van der Waals surface area contributed by atoms with Gasteiger partial charge in [0.1, 0.15) is 0 Å². The van der Waals surface area contributed by atoms with Gasteiger partial charge in [-0.25, -0.2) is 0 Å². The summed E-state index contributed by atoms with van der Waals surface area (Å²) in [5.74, 6) is 0.932. The molecule has 1 aliphatic rings. The molecule has 1 fully saturated rings. The van der Waals surface area contributed by atoms with E-state index in [0.29, 0.717) is 5.41 Å². The topological polar surface area (TPSA) is 15.3 Å². The second kappa shape index (κ2) is 6.61. The fourth-order valence-electron chi connectivity index (χ4n) is 2.61. The molecule has 1 rings (SSSR count).